The molecule has 14 heavy (non-hydrogen) atoms. The van der Waals surface area contributed by atoms with Crippen molar-refractivity contribution in [3.63, 3.8) is 0 Å². The van der Waals surface area contributed by atoms with Gasteiger partial charge < -0.3 is 9.84 Å². The van der Waals surface area contributed by atoms with Gasteiger partial charge >= 0.3 is 5.97 Å². The van der Waals surface area contributed by atoms with Crippen LogP contribution in [-0.2, 0) is 10.5 Å². The predicted molar refractivity (Wildman–Crippen MR) is 51.1 cm³/mol. The largest absolute Gasteiger partial charge is 0.425 e. The van der Waals surface area contributed by atoms with Gasteiger partial charge in [0.15, 0.2) is 0 Å². The molecule has 0 amide bonds. The smallest absolute Gasteiger partial charge is 0.341 e. The molecule has 0 saturated heterocycles. The summed E-state index contributed by atoms with van der Waals surface area (Å²) in [5.41, 5.74) is 0.844. The standard InChI is InChI=1S/C10H9ClO3/c1-2-10(13)8-5-6(11)3-4-7(8)9(12)14-10/h3-5,13H,2H2,1H3/t10-/m0/s1. The number of hydrogen-bond acceptors (Lipinski definition) is 3. The van der Waals surface area contributed by atoms with E-state index in [1.54, 1.807) is 25.1 Å². The molecule has 1 aliphatic heterocycles. The lowest BCUT2D eigenvalue weighted by molar-refractivity contribution is -0.164. The van der Waals surface area contributed by atoms with E-state index in [9.17, 15) is 9.90 Å². The zero-order valence-electron chi connectivity index (χ0n) is 7.58. The second kappa shape index (κ2) is 2.97. The van der Waals surface area contributed by atoms with E-state index in [1.807, 2.05) is 0 Å². The first-order valence-electron chi connectivity index (χ1n) is 4.32. The molecule has 0 unspecified atom stereocenters. The average molecular weight is 213 g/mol. The van der Waals surface area contributed by atoms with E-state index in [0.717, 1.165) is 0 Å². The fraction of sp³-hybridized carbons (Fsp3) is 0.300. The first kappa shape index (κ1) is 9.49. The van der Waals surface area contributed by atoms with E-state index in [2.05, 4.69) is 0 Å². The maximum Gasteiger partial charge on any atom is 0.341 e. The van der Waals surface area contributed by atoms with Gasteiger partial charge in [0.05, 0.1) is 5.56 Å². The van der Waals surface area contributed by atoms with Crippen molar-refractivity contribution in [2.24, 2.45) is 0 Å². The van der Waals surface area contributed by atoms with Crippen molar-refractivity contribution >= 4 is 17.6 Å². The van der Waals surface area contributed by atoms with Crippen molar-refractivity contribution in [3.05, 3.63) is 34.3 Å². The number of esters is 1. The number of hydrogen-bond donors (Lipinski definition) is 1. The quantitative estimate of drug-likeness (QED) is 0.725. The minimum absolute atomic E-state index is 0.312. The Hall–Kier alpha value is -1.06. The number of carbonyl (C=O) groups is 1. The fourth-order valence-corrected chi connectivity index (χ4v) is 1.72. The predicted octanol–water partition coefficient (Wildman–Crippen LogP) is 2.07. The van der Waals surface area contributed by atoms with Crippen LogP contribution >= 0.6 is 11.6 Å². The van der Waals surface area contributed by atoms with Gasteiger partial charge in [0.2, 0.25) is 5.79 Å². The number of halogens is 1. The third-order valence-electron chi connectivity index (χ3n) is 2.36. The van der Waals surface area contributed by atoms with Crippen LogP contribution in [0, 0.1) is 0 Å². The van der Waals surface area contributed by atoms with Gasteiger partial charge in [-0.1, -0.05) is 18.5 Å². The lowest BCUT2D eigenvalue weighted by Crippen LogP contribution is -2.24. The molecule has 0 radical (unpaired) electrons. The van der Waals surface area contributed by atoms with Crippen LogP contribution in [0.4, 0.5) is 0 Å². The molecule has 1 heterocycles. The molecule has 3 nitrogen and oxygen atoms in total. The Kier molecular flexibility index (Phi) is 2.01. The van der Waals surface area contributed by atoms with Crippen molar-refractivity contribution in [3.8, 4) is 0 Å². The van der Waals surface area contributed by atoms with Crippen molar-refractivity contribution in [1.82, 2.24) is 0 Å². The summed E-state index contributed by atoms with van der Waals surface area (Å²) >= 11 is 5.78. The van der Waals surface area contributed by atoms with Gasteiger partial charge in [-0.05, 0) is 18.2 Å². The Morgan fingerprint density at radius 2 is 2.29 bits per heavy atom. The summed E-state index contributed by atoms with van der Waals surface area (Å²) in [5, 5.41) is 10.4. The van der Waals surface area contributed by atoms with Gasteiger partial charge in [-0.2, -0.15) is 0 Å². The molecule has 2 rings (SSSR count). The first-order valence-corrected chi connectivity index (χ1v) is 4.70. The molecule has 0 aliphatic carbocycles. The van der Waals surface area contributed by atoms with E-state index < -0.39 is 11.8 Å². The van der Waals surface area contributed by atoms with E-state index in [0.29, 0.717) is 22.6 Å². The number of benzene rings is 1. The number of carbonyl (C=O) groups excluding carboxylic acids is 1. The summed E-state index contributed by atoms with van der Waals surface area (Å²) in [6, 6.07) is 4.72. The topological polar surface area (TPSA) is 46.5 Å². The summed E-state index contributed by atoms with van der Waals surface area (Å²) in [7, 11) is 0. The highest BCUT2D eigenvalue weighted by molar-refractivity contribution is 6.30. The summed E-state index contributed by atoms with van der Waals surface area (Å²) in [5.74, 6) is -2.00. The van der Waals surface area contributed by atoms with E-state index >= 15 is 0 Å². The lowest BCUT2D eigenvalue weighted by atomic mass is 10.0. The second-order valence-electron chi connectivity index (χ2n) is 3.22. The van der Waals surface area contributed by atoms with Crippen molar-refractivity contribution in [1.29, 1.82) is 0 Å². The number of cyclic esters (lactones) is 1. The van der Waals surface area contributed by atoms with Crippen LogP contribution in [0.25, 0.3) is 0 Å². The highest BCUT2D eigenvalue weighted by atomic mass is 35.5. The molecule has 0 saturated carbocycles. The van der Waals surface area contributed by atoms with E-state index in [4.69, 9.17) is 16.3 Å². The van der Waals surface area contributed by atoms with Gasteiger partial charge in [-0.25, -0.2) is 4.79 Å². The van der Waals surface area contributed by atoms with Crippen LogP contribution in [0.15, 0.2) is 18.2 Å². The molecule has 0 spiro atoms. The first-order chi connectivity index (χ1) is 6.57. The SMILES string of the molecule is CC[C@]1(O)OC(=O)c2ccc(Cl)cc21. The molecule has 0 aromatic heterocycles. The number of aliphatic hydroxyl groups is 1. The van der Waals surface area contributed by atoms with Crippen molar-refractivity contribution in [2.75, 3.05) is 0 Å². The Labute approximate surface area is 86.3 Å². The summed E-state index contributed by atoms with van der Waals surface area (Å²) in [4.78, 5) is 11.3. The van der Waals surface area contributed by atoms with Crippen LogP contribution in [0.1, 0.15) is 29.3 Å². The zero-order chi connectivity index (χ0) is 10.3. The summed E-state index contributed by atoms with van der Waals surface area (Å²) in [6.07, 6.45) is 0.312. The molecule has 1 aromatic rings. The van der Waals surface area contributed by atoms with Crippen LogP contribution in [-0.4, -0.2) is 11.1 Å². The molecular formula is C10H9ClO3. The van der Waals surface area contributed by atoms with Crippen LogP contribution < -0.4 is 0 Å². The van der Waals surface area contributed by atoms with E-state index in [1.165, 1.54) is 0 Å². The van der Waals surface area contributed by atoms with Gasteiger partial charge in [0.25, 0.3) is 0 Å². The van der Waals surface area contributed by atoms with Crippen molar-refractivity contribution in [2.45, 2.75) is 19.1 Å². The maximum absolute atomic E-state index is 11.3. The third kappa shape index (κ3) is 1.21. The number of rotatable bonds is 1. The normalized spacial score (nSPS) is 24.6. The Morgan fingerprint density at radius 3 is 2.93 bits per heavy atom. The van der Waals surface area contributed by atoms with Crippen LogP contribution in [0.2, 0.25) is 5.02 Å². The Balaban J connectivity index is 2.62. The monoisotopic (exact) mass is 212 g/mol. The maximum atomic E-state index is 11.3. The van der Waals surface area contributed by atoms with E-state index in [-0.39, 0.29) is 0 Å². The Morgan fingerprint density at radius 1 is 1.57 bits per heavy atom. The summed E-state index contributed by atoms with van der Waals surface area (Å²) < 4.78 is 4.88. The highest BCUT2D eigenvalue weighted by Gasteiger charge is 2.42. The molecule has 4 heteroatoms. The molecule has 74 valence electrons. The number of ether oxygens (including phenoxy) is 1. The molecule has 0 bridgehead atoms. The van der Waals surface area contributed by atoms with Gasteiger partial charge in [-0.15, -0.1) is 0 Å². The molecule has 1 aromatic carbocycles. The van der Waals surface area contributed by atoms with Crippen molar-refractivity contribution < 1.29 is 14.6 Å². The number of fused-ring (bicyclic) bond motifs is 1. The average Bonchev–Trinajstić information content (AvgIpc) is 2.40. The lowest BCUT2D eigenvalue weighted by Gasteiger charge is -2.19. The fourth-order valence-electron chi connectivity index (χ4n) is 1.54. The molecule has 1 atom stereocenters. The third-order valence-corrected chi connectivity index (χ3v) is 2.60. The minimum Gasteiger partial charge on any atom is -0.425 e. The van der Waals surface area contributed by atoms with Gasteiger partial charge in [0.1, 0.15) is 0 Å². The summed E-state index contributed by atoms with van der Waals surface area (Å²) in [6.45, 7) is 1.74. The second-order valence-corrected chi connectivity index (χ2v) is 3.65. The molecule has 1 aliphatic rings. The molecule has 0 fully saturated rings. The van der Waals surface area contributed by atoms with Gasteiger partial charge in [0, 0.05) is 17.0 Å². The van der Waals surface area contributed by atoms with Crippen LogP contribution in [0.3, 0.4) is 0 Å². The minimum atomic E-state index is -1.50. The molecule has 1 N–H and O–H groups in total. The highest BCUT2D eigenvalue weighted by Crippen LogP contribution is 2.37. The zero-order valence-corrected chi connectivity index (χ0v) is 8.34. The molecular weight excluding hydrogens is 204 g/mol. The Bertz CT molecular complexity index is 402. The van der Waals surface area contributed by atoms with Gasteiger partial charge in [-0.3, -0.25) is 0 Å². The van der Waals surface area contributed by atoms with Crippen LogP contribution in [0.5, 0.6) is 0 Å².